The zero-order valence-electron chi connectivity index (χ0n) is 8.58. The van der Waals surface area contributed by atoms with Crippen LogP contribution in [0.1, 0.15) is 33.1 Å². The van der Waals surface area contributed by atoms with Crippen molar-refractivity contribution in [3.05, 3.63) is 0 Å². The van der Waals surface area contributed by atoms with Crippen LogP contribution in [0, 0.1) is 0 Å². The number of carbonyl (C=O) groups is 1. The predicted octanol–water partition coefficient (Wildman–Crippen LogP) is 1.42. The monoisotopic (exact) mass is 185 g/mol. The van der Waals surface area contributed by atoms with E-state index < -0.39 is 0 Å². The third kappa shape index (κ3) is 3.77. The molecule has 0 radical (unpaired) electrons. The Morgan fingerprint density at radius 3 is 2.46 bits per heavy atom. The molecule has 2 fully saturated rings. The van der Waals surface area contributed by atoms with E-state index in [4.69, 9.17) is 0 Å². The second-order valence-electron chi connectivity index (χ2n) is 3.49. The van der Waals surface area contributed by atoms with Crippen molar-refractivity contribution in [2.45, 2.75) is 39.2 Å². The van der Waals surface area contributed by atoms with Crippen LogP contribution in [0.2, 0.25) is 0 Å². The minimum atomic E-state index is -0.0880. The molecule has 2 rings (SSSR count). The highest BCUT2D eigenvalue weighted by molar-refractivity contribution is 5.69. The Morgan fingerprint density at radius 2 is 2.23 bits per heavy atom. The van der Waals surface area contributed by atoms with Crippen LogP contribution in [0.25, 0.3) is 0 Å². The van der Waals surface area contributed by atoms with Gasteiger partial charge >= 0.3 is 5.97 Å². The minimum Gasteiger partial charge on any atom is -0.466 e. The summed E-state index contributed by atoms with van der Waals surface area (Å²) < 4.78 is 4.64. The smallest absolute Gasteiger partial charge is 0.305 e. The molecule has 3 heteroatoms. The number of esters is 1. The quantitative estimate of drug-likeness (QED) is 0.492. The van der Waals surface area contributed by atoms with E-state index in [2.05, 4.69) is 9.64 Å². The number of fused-ring (bicyclic) bond motifs is 1. The number of ether oxygens (including phenoxy) is 1. The van der Waals surface area contributed by atoms with Gasteiger partial charge in [0.25, 0.3) is 0 Å². The molecule has 0 N–H and O–H groups in total. The Hall–Kier alpha value is -0.570. The fourth-order valence-corrected chi connectivity index (χ4v) is 1.34. The van der Waals surface area contributed by atoms with E-state index in [1.165, 1.54) is 19.5 Å². The largest absolute Gasteiger partial charge is 0.466 e. The van der Waals surface area contributed by atoms with Crippen LogP contribution in [0.15, 0.2) is 0 Å². The normalized spacial score (nSPS) is 27.5. The molecule has 0 saturated carbocycles. The second-order valence-corrected chi connectivity index (χ2v) is 3.49. The summed E-state index contributed by atoms with van der Waals surface area (Å²) in [7, 11) is 0. The third-order valence-corrected chi connectivity index (χ3v) is 2.34. The van der Waals surface area contributed by atoms with Crippen molar-refractivity contribution in [3.8, 4) is 0 Å². The van der Waals surface area contributed by atoms with Crippen molar-refractivity contribution in [1.29, 1.82) is 0 Å². The summed E-state index contributed by atoms with van der Waals surface area (Å²) >= 11 is 0. The first-order valence-corrected chi connectivity index (χ1v) is 5.17. The highest BCUT2D eigenvalue weighted by atomic mass is 16.5. The third-order valence-electron chi connectivity index (χ3n) is 2.34. The van der Waals surface area contributed by atoms with E-state index in [1.54, 1.807) is 0 Å². The lowest BCUT2D eigenvalue weighted by Gasteiger charge is -2.08. The van der Waals surface area contributed by atoms with Gasteiger partial charge in [-0.3, -0.25) is 9.69 Å². The van der Waals surface area contributed by atoms with Gasteiger partial charge in [0.2, 0.25) is 0 Å². The average Bonchev–Trinajstić information content (AvgIpc) is 2.60. The molecule has 2 saturated heterocycles. The molecular weight excluding hydrogens is 166 g/mol. The van der Waals surface area contributed by atoms with Crippen LogP contribution < -0.4 is 0 Å². The molecular formula is C10H19NO2. The van der Waals surface area contributed by atoms with Crippen molar-refractivity contribution in [2.75, 3.05) is 19.7 Å². The average molecular weight is 185 g/mol. The maximum atomic E-state index is 10.4. The summed E-state index contributed by atoms with van der Waals surface area (Å²) in [6.45, 7) is 7.08. The molecule has 0 bridgehead atoms. The Morgan fingerprint density at radius 1 is 1.54 bits per heavy atom. The van der Waals surface area contributed by atoms with Crippen molar-refractivity contribution < 1.29 is 9.53 Å². The van der Waals surface area contributed by atoms with E-state index in [9.17, 15) is 4.79 Å². The SMILES string of the molecule is C1CN2CC12.CCCC(=O)OCC. The van der Waals surface area contributed by atoms with Gasteiger partial charge in [0.05, 0.1) is 6.61 Å². The van der Waals surface area contributed by atoms with Crippen molar-refractivity contribution >= 4 is 5.97 Å². The van der Waals surface area contributed by atoms with Gasteiger partial charge in [-0.05, 0) is 19.8 Å². The zero-order chi connectivity index (χ0) is 9.68. The van der Waals surface area contributed by atoms with Gasteiger partial charge < -0.3 is 4.74 Å². The summed E-state index contributed by atoms with van der Waals surface area (Å²) in [5.74, 6) is -0.0880. The molecule has 0 amide bonds. The molecule has 2 unspecified atom stereocenters. The van der Waals surface area contributed by atoms with Gasteiger partial charge in [0.1, 0.15) is 0 Å². The standard InChI is InChI=1S/C6H12O2.C4H7N/c1-3-5-6(7)8-4-2;1-2-5-3-4(1)5/h3-5H2,1-2H3;4H,1-3H2. The van der Waals surface area contributed by atoms with Crippen LogP contribution in [-0.4, -0.2) is 36.6 Å². The number of nitrogens with zero attached hydrogens (tertiary/aromatic N) is 1. The lowest BCUT2D eigenvalue weighted by atomic mass is 10.3. The topological polar surface area (TPSA) is 29.3 Å². The molecule has 13 heavy (non-hydrogen) atoms. The molecule has 0 spiro atoms. The fraction of sp³-hybridized carbons (Fsp3) is 0.900. The van der Waals surface area contributed by atoms with Gasteiger partial charge in [-0.15, -0.1) is 0 Å². The lowest BCUT2D eigenvalue weighted by Crippen LogP contribution is -2.16. The Bertz CT molecular complexity index is 150. The molecule has 2 aliphatic heterocycles. The maximum absolute atomic E-state index is 10.4. The summed E-state index contributed by atoms with van der Waals surface area (Å²) in [5, 5.41) is 0. The summed E-state index contributed by atoms with van der Waals surface area (Å²) in [6, 6.07) is 1.06. The number of rotatable bonds is 3. The second kappa shape index (κ2) is 5.22. The lowest BCUT2D eigenvalue weighted by molar-refractivity contribution is -0.143. The first-order valence-electron chi connectivity index (χ1n) is 5.17. The highest BCUT2D eigenvalue weighted by Crippen LogP contribution is 2.30. The summed E-state index contributed by atoms with van der Waals surface area (Å²) in [4.78, 5) is 12.9. The maximum Gasteiger partial charge on any atom is 0.305 e. The first-order chi connectivity index (χ1) is 6.27. The van der Waals surface area contributed by atoms with Crippen molar-refractivity contribution in [1.82, 2.24) is 4.90 Å². The van der Waals surface area contributed by atoms with E-state index in [0.29, 0.717) is 13.0 Å². The molecule has 2 aliphatic rings. The molecule has 3 nitrogen and oxygen atoms in total. The zero-order valence-corrected chi connectivity index (χ0v) is 8.58. The number of hydrogen-bond donors (Lipinski definition) is 0. The molecule has 0 aromatic heterocycles. The summed E-state index contributed by atoms with van der Waals surface area (Å²) in [6.07, 6.45) is 2.91. The molecule has 2 atom stereocenters. The van der Waals surface area contributed by atoms with Crippen molar-refractivity contribution in [3.63, 3.8) is 0 Å². The molecule has 2 heterocycles. The summed E-state index contributed by atoms with van der Waals surface area (Å²) in [5.41, 5.74) is 0. The van der Waals surface area contributed by atoms with Crippen LogP contribution >= 0.6 is 0 Å². The predicted molar refractivity (Wildman–Crippen MR) is 51.5 cm³/mol. The molecule has 76 valence electrons. The Balaban J connectivity index is 0.000000140. The highest BCUT2D eigenvalue weighted by Gasteiger charge is 2.41. The molecule has 0 aromatic carbocycles. The van der Waals surface area contributed by atoms with Gasteiger partial charge in [-0.1, -0.05) is 6.92 Å². The number of carbonyl (C=O) groups excluding carboxylic acids is 1. The van der Waals surface area contributed by atoms with E-state index in [1.807, 2.05) is 13.8 Å². The first kappa shape index (κ1) is 10.5. The van der Waals surface area contributed by atoms with E-state index in [-0.39, 0.29) is 5.97 Å². The molecule has 0 aliphatic carbocycles. The van der Waals surface area contributed by atoms with Crippen LogP contribution in [-0.2, 0) is 9.53 Å². The Labute approximate surface area is 80.1 Å². The van der Waals surface area contributed by atoms with E-state index in [0.717, 1.165) is 12.5 Å². The van der Waals surface area contributed by atoms with Crippen molar-refractivity contribution in [2.24, 2.45) is 0 Å². The minimum absolute atomic E-state index is 0.0880. The van der Waals surface area contributed by atoms with Gasteiger partial charge in [-0.25, -0.2) is 0 Å². The van der Waals surface area contributed by atoms with Gasteiger partial charge in [0, 0.05) is 25.6 Å². The number of hydrogen-bond acceptors (Lipinski definition) is 3. The van der Waals surface area contributed by atoms with Crippen LogP contribution in [0.4, 0.5) is 0 Å². The van der Waals surface area contributed by atoms with Gasteiger partial charge in [-0.2, -0.15) is 0 Å². The fourth-order valence-electron chi connectivity index (χ4n) is 1.34. The molecule has 0 aromatic rings. The Kier molecular flexibility index (Phi) is 4.22. The van der Waals surface area contributed by atoms with Crippen LogP contribution in [0.3, 0.4) is 0 Å². The van der Waals surface area contributed by atoms with E-state index >= 15 is 0 Å². The van der Waals surface area contributed by atoms with Crippen LogP contribution in [0.5, 0.6) is 0 Å². The van der Waals surface area contributed by atoms with Gasteiger partial charge in [0.15, 0.2) is 0 Å².